The van der Waals surface area contributed by atoms with Crippen LogP contribution in [-0.2, 0) is 9.53 Å². The Hall–Kier alpha value is -0.650. The number of carbonyl (C=O) groups excluding carboxylic acids is 1. The first kappa shape index (κ1) is 10.4. The van der Waals surface area contributed by atoms with Crippen LogP contribution >= 0.6 is 0 Å². The van der Waals surface area contributed by atoms with Gasteiger partial charge in [0.05, 0.1) is 12.7 Å². The zero-order valence-corrected chi connectivity index (χ0v) is 7.40. The van der Waals surface area contributed by atoms with Crippen LogP contribution in [0.5, 0.6) is 0 Å². The van der Waals surface area contributed by atoms with Gasteiger partial charge >= 0.3 is 0 Å². The molecule has 0 aromatic rings. The van der Waals surface area contributed by atoms with Crippen LogP contribution in [0.25, 0.3) is 0 Å². The van der Waals surface area contributed by atoms with Gasteiger partial charge in [0.15, 0.2) is 0 Å². The van der Waals surface area contributed by atoms with Gasteiger partial charge in [0, 0.05) is 13.2 Å². The SMILES string of the molecule is O=C(NCC(O)CO)[C@H]1CCCO1. The summed E-state index contributed by atoms with van der Waals surface area (Å²) in [6, 6.07) is 0. The Morgan fingerprint density at radius 2 is 2.46 bits per heavy atom. The molecule has 0 radical (unpaired) electrons. The number of hydrogen-bond donors (Lipinski definition) is 3. The molecule has 1 heterocycles. The monoisotopic (exact) mass is 189 g/mol. The second-order valence-corrected chi connectivity index (χ2v) is 3.08. The summed E-state index contributed by atoms with van der Waals surface area (Å²) in [7, 11) is 0. The molecule has 1 unspecified atom stereocenters. The molecule has 1 aliphatic rings. The first-order valence-electron chi connectivity index (χ1n) is 4.42. The Balaban J connectivity index is 2.16. The van der Waals surface area contributed by atoms with Crippen LogP contribution in [0.1, 0.15) is 12.8 Å². The first-order valence-corrected chi connectivity index (χ1v) is 4.42. The third kappa shape index (κ3) is 3.30. The molecule has 1 amide bonds. The van der Waals surface area contributed by atoms with Crippen molar-refractivity contribution in [2.24, 2.45) is 0 Å². The Morgan fingerprint density at radius 3 is 3.00 bits per heavy atom. The number of amides is 1. The molecule has 5 nitrogen and oxygen atoms in total. The van der Waals surface area contributed by atoms with E-state index in [1.54, 1.807) is 0 Å². The smallest absolute Gasteiger partial charge is 0.249 e. The fourth-order valence-electron chi connectivity index (χ4n) is 1.18. The van der Waals surface area contributed by atoms with Crippen molar-refractivity contribution >= 4 is 5.91 Å². The topological polar surface area (TPSA) is 78.8 Å². The Labute approximate surface area is 76.7 Å². The normalized spacial score (nSPS) is 24.3. The highest BCUT2D eigenvalue weighted by Gasteiger charge is 2.23. The lowest BCUT2D eigenvalue weighted by atomic mass is 10.2. The van der Waals surface area contributed by atoms with E-state index in [1.807, 2.05) is 0 Å². The van der Waals surface area contributed by atoms with E-state index in [9.17, 15) is 4.79 Å². The number of nitrogens with one attached hydrogen (secondary N) is 1. The van der Waals surface area contributed by atoms with Crippen molar-refractivity contribution in [2.75, 3.05) is 19.8 Å². The number of aliphatic hydroxyl groups excluding tert-OH is 2. The van der Waals surface area contributed by atoms with Crippen molar-refractivity contribution in [3.05, 3.63) is 0 Å². The second kappa shape index (κ2) is 5.16. The van der Waals surface area contributed by atoms with E-state index in [-0.39, 0.29) is 25.2 Å². The van der Waals surface area contributed by atoms with Crippen molar-refractivity contribution < 1.29 is 19.7 Å². The van der Waals surface area contributed by atoms with Gasteiger partial charge < -0.3 is 20.3 Å². The van der Waals surface area contributed by atoms with Crippen LogP contribution in [0.15, 0.2) is 0 Å². The number of rotatable bonds is 4. The molecule has 1 fully saturated rings. The fourth-order valence-corrected chi connectivity index (χ4v) is 1.18. The maximum atomic E-state index is 11.2. The lowest BCUT2D eigenvalue weighted by Gasteiger charge is -2.12. The van der Waals surface area contributed by atoms with Gasteiger partial charge in [-0.15, -0.1) is 0 Å². The van der Waals surface area contributed by atoms with Crippen LogP contribution < -0.4 is 5.32 Å². The Bertz CT molecular complexity index is 168. The summed E-state index contributed by atoms with van der Waals surface area (Å²) in [6.45, 7) is 0.363. The minimum absolute atomic E-state index is 0.0786. The predicted molar refractivity (Wildman–Crippen MR) is 45.1 cm³/mol. The van der Waals surface area contributed by atoms with Crippen LogP contribution in [0.4, 0.5) is 0 Å². The molecule has 0 saturated carbocycles. The lowest BCUT2D eigenvalue weighted by molar-refractivity contribution is -0.130. The van der Waals surface area contributed by atoms with E-state index >= 15 is 0 Å². The summed E-state index contributed by atoms with van der Waals surface area (Å²) < 4.78 is 5.12. The predicted octanol–water partition coefficient (Wildman–Crippen LogP) is -1.37. The molecule has 0 aliphatic carbocycles. The van der Waals surface area contributed by atoms with Crippen molar-refractivity contribution in [1.82, 2.24) is 5.32 Å². The quantitative estimate of drug-likeness (QED) is 0.510. The Morgan fingerprint density at radius 1 is 1.69 bits per heavy atom. The van der Waals surface area contributed by atoms with E-state index < -0.39 is 6.10 Å². The lowest BCUT2D eigenvalue weighted by Crippen LogP contribution is -2.39. The third-order valence-electron chi connectivity index (χ3n) is 1.94. The molecule has 0 aromatic carbocycles. The largest absolute Gasteiger partial charge is 0.394 e. The van der Waals surface area contributed by atoms with Gasteiger partial charge in [-0.05, 0) is 12.8 Å². The van der Waals surface area contributed by atoms with E-state index in [4.69, 9.17) is 14.9 Å². The van der Waals surface area contributed by atoms with Gasteiger partial charge in [0.2, 0.25) is 5.91 Å². The molecule has 2 atom stereocenters. The molecule has 1 saturated heterocycles. The number of aliphatic hydroxyl groups is 2. The number of hydrogen-bond acceptors (Lipinski definition) is 4. The minimum atomic E-state index is -0.884. The second-order valence-electron chi connectivity index (χ2n) is 3.08. The summed E-state index contributed by atoms with van der Waals surface area (Å²) in [5.41, 5.74) is 0. The van der Waals surface area contributed by atoms with Gasteiger partial charge in [-0.2, -0.15) is 0 Å². The molecule has 1 rings (SSSR count). The summed E-state index contributed by atoms with van der Waals surface area (Å²) in [5.74, 6) is -0.204. The van der Waals surface area contributed by atoms with Crippen LogP contribution in [0.2, 0.25) is 0 Å². The number of ether oxygens (including phenoxy) is 1. The average Bonchev–Trinajstić information content (AvgIpc) is 2.66. The highest BCUT2D eigenvalue weighted by atomic mass is 16.5. The first-order chi connectivity index (χ1) is 6.24. The Kier molecular flexibility index (Phi) is 4.14. The summed E-state index contributed by atoms with van der Waals surface area (Å²) in [4.78, 5) is 11.2. The minimum Gasteiger partial charge on any atom is -0.394 e. The van der Waals surface area contributed by atoms with E-state index in [0.717, 1.165) is 12.8 Å². The van der Waals surface area contributed by atoms with Crippen LogP contribution in [0.3, 0.4) is 0 Å². The molecule has 13 heavy (non-hydrogen) atoms. The van der Waals surface area contributed by atoms with E-state index in [1.165, 1.54) is 0 Å². The molecule has 1 aliphatic heterocycles. The van der Waals surface area contributed by atoms with Gasteiger partial charge in [-0.1, -0.05) is 0 Å². The van der Waals surface area contributed by atoms with E-state index in [0.29, 0.717) is 6.61 Å². The zero-order valence-electron chi connectivity index (χ0n) is 7.40. The highest BCUT2D eigenvalue weighted by Crippen LogP contribution is 2.11. The maximum absolute atomic E-state index is 11.2. The highest BCUT2D eigenvalue weighted by molar-refractivity contribution is 5.80. The third-order valence-corrected chi connectivity index (χ3v) is 1.94. The molecule has 5 heteroatoms. The fraction of sp³-hybridized carbons (Fsp3) is 0.875. The molecule has 0 aromatic heterocycles. The van der Waals surface area contributed by atoms with Crippen molar-refractivity contribution in [1.29, 1.82) is 0 Å². The molecular weight excluding hydrogens is 174 g/mol. The van der Waals surface area contributed by atoms with Gasteiger partial charge in [-0.25, -0.2) is 0 Å². The average molecular weight is 189 g/mol. The summed E-state index contributed by atoms with van der Waals surface area (Å²) >= 11 is 0. The molecule has 0 bridgehead atoms. The standard InChI is InChI=1S/C8H15NO4/c10-5-6(11)4-9-8(12)7-2-1-3-13-7/h6-7,10-11H,1-5H2,(H,9,12)/t6?,7-/m1/s1. The zero-order chi connectivity index (χ0) is 9.68. The summed E-state index contributed by atoms with van der Waals surface area (Å²) in [5, 5.41) is 19.9. The maximum Gasteiger partial charge on any atom is 0.249 e. The molecular formula is C8H15NO4. The molecule has 76 valence electrons. The van der Waals surface area contributed by atoms with Crippen molar-refractivity contribution in [3.63, 3.8) is 0 Å². The van der Waals surface area contributed by atoms with Gasteiger partial charge in [0.25, 0.3) is 0 Å². The van der Waals surface area contributed by atoms with Crippen LogP contribution in [-0.4, -0.2) is 48.1 Å². The summed E-state index contributed by atoms with van der Waals surface area (Å²) in [6.07, 6.45) is 0.387. The van der Waals surface area contributed by atoms with Gasteiger partial charge in [0.1, 0.15) is 6.10 Å². The van der Waals surface area contributed by atoms with E-state index in [2.05, 4.69) is 5.32 Å². The van der Waals surface area contributed by atoms with Crippen molar-refractivity contribution in [2.45, 2.75) is 25.0 Å². The van der Waals surface area contributed by atoms with Crippen LogP contribution in [0, 0.1) is 0 Å². The molecule has 3 N–H and O–H groups in total. The molecule has 0 spiro atoms. The number of carbonyl (C=O) groups is 1. The van der Waals surface area contributed by atoms with Crippen molar-refractivity contribution in [3.8, 4) is 0 Å². The van der Waals surface area contributed by atoms with Gasteiger partial charge in [-0.3, -0.25) is 4.79 Å².